The minimum Gasteiger partial charge on any atom is -0.504 e. The average molecular weight is 635 g/mol. The largest absolute Gasteiger partial charge is 0.504 e. The van der Waals surface area contributed by atoms with E-state index in [0.717, 1.165) is 51.4 Å². The molecule has 4 saturated carbocycles. The van der Waals surface area contributed by atoms with E-state index in [1.807, 2.05) is 0 Å². The maximum atomic E-state index is 12.9. The predicted octanol–water partition coefficient (Wildman–Crippen LogP) is 7.65. The Kier molecular flexibility index (Phi) is 8.43. The molecule has 1 aromatic carbocycles. The number of carbonyl (C=O) groups is 2. The Morgan fingerprint density at radius 3 is 2.41 bits per heavy atom. The molecule has 0 aromatic heterocycles. The first-order valence-electron chi connectivity index (χ1n) is 17.5. The maximum absolute atomic E-state index is 12.9. The number of carbonyl (C=O) groups excluding carboxylic acids is 1. The molecule has 7 nitrogen and oxygen atoms in total. The third-order valence-electron chi connectivity index (χ3n) is 14.5. The standard InChI is InChI=1S/C39H54O7/c1-23-13-19-39(35(43)44)20-14-27-26(34(39)24(23)2)9-11-30-36(27,3)17-15-31-37(30,4)18-16-32(41)38(31,5)22-46-33(42)12-8-25-7-10-28(40)29(21-25)45-6/h7-10,12,21,23-24,27,30-32,34,40-41H,11,13-20,22H2,1-6H3,(H,43,44)/b12-8+/t23-,24+,27-,30+,31-,32+,34+,36+,37-,38-,39+/m1/s1. The Bertz CT molecular complexity index is 1430. The van der Waals surface area contributed by atoms with Crippen molar-refractivity contribution in [3.63, 3.8) is 0 Å². The first-order valence-corrected chi connectivity index (χ1v) is 17.5. The minimum atomic E-state index is -0.626. The van der Waals surface area contributed by atoms with Crippen LogP contribution in [0.2, 0.25) is 0 Å². The molecule has 252 valence electrons. The third kappa shape index (κ3) is 4.93. The lowest BCUT2D eigenvalue weighted by atomic mass is 9.36. The number of benzene rings is 1. The molecular weight excluding hydrogens is 580 g/mol. The van der Waals surface area contributed by atoms with Gasteiger partial charge in [0.15, 0.2) is 11.5 Å². The molecule has 11 atom stereocenters. The van der Waals surface area contributed by atoms with Crippen LogP contribution >= 0.6 is 0 Å². The summed E-state index contributed by atoms with van der Waals surface area (Å²) >= 11 is 0. The van der Waals surface area contributed by atoms with Gasteiger partial charge >= 0.3 is 11.9 Å². The molecule has 46 heavy (non-hydrogen) atoms. The average Bonchev–Trinajstić information content (AvgIpc) is 3.03. The van der Waals surface area contributed by atoms with Crippen molar-refractivity contribution in [2.24, 2.45) is 57.2 Å². The molecule has 1 aromatic rings. The normalized spacial score (nSPS) is 43.4. The molecule has 0 amide bonds. The van der Waals surface area contributed by atoms with Crippen LogP contribution in [-0.2, 0) is 14.3 Å². The van der Waals surface area contributed by atoms with E-state index in [9.17, 15) is 24.9 Å². The Morgan fingerprint density at radius 1 is 0.978 bits per heavy atom. The summed E-state index contributed by atoms with van der Waals surface area (Å²) < 4.78 is 11.0. The fourth-order valence-corrected chi connectivity index (χ4v) is 11.8. The number of esters is 1. The van der Waals surface area contributed by atoms with Gasteiger partial charge in [-0.05, 0) is 128 Å². The lowest BCUT2D eigenvalue weighted by Crippen LogP contribution is -2.63. The summed E-state index contributed by atoms with van der Waals surface area (Å²) in [6.07, 6.45) is 13.0. The highest BCUT2D eigenvalue weighted by Gasteiger charge is 2.66. The van der Waals surface area contributed by atoms with Crippen LogP contribution in [0.5, 0.6) is 11.5 Å². The van der Waals surface area contributed by atoms with E-state index in [4.69, 9.17) is 9.47 Å². The van der Waals surface area contributed by atoms with E-state index in [1.54, 1.807) is 18.2 Å². The summed E-state index contributed by atoms with van der Waals surface area (Å²) in [6, 6.07) is 4.88. The van der Waals surface area contributed by atoms with Crippen molar-refractivity contribution in [1.29, 1.82) is 0 Å². The van der Waals surface area contributed by atoms with Crippen LogP contribution in [0.25, 0.3) is 6.08 Å². The first kappa shape index (κ1) is 33.1. The molecule has 0 bridgehead atoms. The van der Waals surface area contributed by atoms with E-state index in [0.29, 0.717) is 41.4 Å². The van der Waals surface area contributed by atoms with Crippen molar-refractivity contribution >= 4 is 18.0 Å². The topological polar surface area (TPSA) is 113 Å². The summed E-state index contributed by atoms with van der Waals surface area (Å²) in [5.74, 6) is 1.33. The Labute approximate surface area is 274 Å². The minimum absolute atomic E-state index is 0.0271. The SMILES string of the molecule is COc1cc(/C=C/C(=O)OC[C@]2(C)[C@@H]3CC[C@]4(C)[C@H](CC=C5[C@@H]6[C@@H](C)[C@H](C)CC[C@]6(C(=O)O)CC[C@H]54)[C@@]3(C)CC[C@@H]2O)ccc1O. The molecule has 5 aliphatic carbocycles. The summed E-state index contributed by atoms with van der Waals surface area (Å²) in [5, 5.41) is 31.9. The number of aliphatic carboxylic acids is 1. The number of phenolic OH excluding ortho intramolecular Hbond substituents is 1. The Hall–Kier alpha value is -2.80. The van der Waals surface area contributed by atoms with E-state index >= 15 is 0 Å². The van der Waals surface area contributed by atoms with Crippen molar-refractivity contribution in [3.8, 4) is 11.5 Å². The number of allylic oxidation sites excluding steroid dienone is 2. The smallest absolute Gasteiger partial charge is 0.330 e. The Balaban J connectivity index is 1.23. The van der Waals surface area contributed by atoms with Gasteiger partial charge in [0.05, 0.1) is 25.2 Å². The molecule has 0 saturated heterocycles. The van der Waals surface area contributed by atoms with E-state index < -0.39 is 28.9 Å². The quantitative estimate of drug-likeness (QED) is 0.167. The summed E-state index contributed by atoms with van der Waals surface area (Å²) in [5.41, 5.74) is 1.01. The fourth-order valence-electron chi connectivity index (χ4n) is 11.8. The zero-order valence-corrected chi connectivity index (χ0v) is 28.6. The number of methoxy groups -OCH3 is 1. The van der Waals surface area contributed by atoms with Gasteiger partial charge in [-0.15, -0.1) is 0 Å². The zero-order chi connectivity index (χ0) is 33.2. The van der Waals surface area contributed by atoms with Gasteiger partial charge in [-0.25, -0.2) is 4.79 Å². The van der Waals surface area contributed by atoms with Gasteiger partial charge in [-0.3, -0.25) is 4.79 Å². The van der Waals surface area contributed by atoms with Crippen LogP contribution in [0.3, 0.4) is 0 Å². The fraction of sp³-hybridized carbons (Fsp3) is 0.692. The molecule has 6 rings (SSSR count). The number of fused-ring (bicyclic) bond motifs is 7. The number of phenols is 1. The van der Waals surface area contributed by atoms with Crippen molar-refractivity contribution in [2.45, 2.75) is 98.5 Å². The van der Waals surface area contributed by atoms with Gasteiger partial charge in [0.1, 0.15) is 0 Å². The second-order valence-electron chi connectivity index (χ2n) is 16.4. The zero-order valence-electron chi connectivity index (χ0n) is 28.6. The molecule has 0 heterocycles. The second kappa shape index (κ2) is 11.7. The van der Waals surface area contributed by atoms with Crippen molar-refractivity contribution < 1.29 is 34.4 Å². The molecule has 7 heteroatoms. The molecule has 5 aliphatic rings. The number of carboxylic acid groups (broad SMARTS) is 1. The summed E-state index contributed by atoms with van der Waals surface area (Å²) in [7, 11) is 1.48. The molecule has 3 N–H and O–H groups in total. The summed E-state index contributed by atoms with van der Waals surface area (Å²) in [6.45, 7) is 11.8. The number of aromatic hydroxyl groups is 1. The number of aliphatic hydroxyl groups excluding tert-OH is 1. The highest BCUT2D eigenvalue weighted by Crippen LogP contribution is 2.72. The number of ether oxygens (including phenoxy) is 2. The lowest BCUT2D eigenvalue weighted by molar-refractivity contribution is -0.207. The van der Waals surface area contributed by atoms with E-state index in [2.05, 4.69) is 40.7 Å². The van der Waals surface area contributed by atoms with Crippen LogP contribution in [0, 0.1) is 57.2 Å². The van der Waals surface area contributed by atoms with Gasteiger partial charge in [0, 0.05) is 11.5 Å². The number of aliphatic hydroxyl groups is 1. The van der Waals surface area contributed by atoms with Crippen LogP contribution in [-0.4, -0.2) is 47.1 Å². The third-order valence-corrected chi connectivity index (χ3v) is 14.5. The number of hydrogen-bond acceptors (Lipinski definition) is 6. The number of hydrogen-bond donors (Lipinski definition) is 3. The molecule has 0 radical (unpaired) electrons. The van der Waals surface area contributed by atoms with E-state index in [1.165, 1.54) is 24.8 Å². The Morgan fingerprint density at radius 2 is 1.70 bits per heavy atom. The van der Waals surface area contributed by atoms with Crippen molar-refractivity contribution in [1.82, 2.24) is 0 Å². The number of carboxylic acids is 1. The van der Waals surface area contributed by atoms with Crippen LogP contribution in [0.1, 0.15) is 98.0 Å². The maximum Gasteiger partial charge on any atom is 0.330 e. The van der Waals surface area contributed by atoms with Crippen LogP contribution < -0.4 is 4.74 Å². The van der Waals surface area contributed by atoms with Gasteiger partial charge in [-0.2, -0.15) is 0 Å². The lowest BCUT2D eigenvalue weighted by Gasteiger charge is -2.68. The first-order chi connectivity index (χ1) is 21.7. The predicted molar refractivity (Wildman–Crippen MR) is 177 cm³/mol. The van der Waals surface area contributed by atoms with Crippen molar-refractivity contribution in [3.05, 3.63) is 41.5 Å². The van der Waals surface area contributed by atoms with Crippen LogP contribution in [0.4, 0.5) is 0 Å². The van der Waals surface area contributed by atoms with E-state index in [-0.39, 0.29) is 35.0 Å². The molecule has 4 fully saturated rings. The highest BCUT2D eigenvalue weighted by atomic mass is 16.5. The monoisotopic (exact) mass is 634 g/mol. The van der Waals surface area contributed by atoms with Gasteiger partial charge in [0.25, 0.3) is 0 Å². The van der Waals surface area contributed by atoms with Crippen molar-refractivity contribution in [2.75, 3.05) is 13.7 Å². The molecule has 0 unspecified atom stereocenters. The molecule has 0 spiro atoms. The van der Waals surface area contributed by atoms with Crippen LogP contribution in [0.15, 0.2) is 35.9 Å². The van der Waals surface area contributed by atoms with Gasteiger partial charge in [-0.1, -0.05) is 52.3 Å². The second-order valence-corrected chi connectivity index (χ2v) is 16.4. The molecule has 0 aliphatic heterocycles. The number of rotatable bonds is 6. The van der Waals surface area contributed by atoms with Gasteiger partial charge in [0.2, 0.25) is 0 Å². The molecular formula is C39H54O7. The van der Waals surface area contributed by atoms with Gasteiger partial charge < -0.3 is 24.8 Å². The summed E-state index contributed by atoms with van der Waals surface area (Å²) in [4.78, 5) is 25.8. The highest BCUT2D eigenvalue weighted by molar-refractivity contribution is 5.87.